The number of hydrogen-bond acceptors (Lipinski definition) is 4. The lowest BCUT2D eigenvalue weighted by Crippen LogP contribution is -2.41. The van der Waals surface area contributed by atoms with Gasteiger partial charge in [0, 0.05) is 25.7 Å². The first-order valence-corrected chi connectivity index (χ1v) is 6.69. The molecule has 0 saturated heterocycles. The average molecular weight is 279 g/mol. The summed E-state index contributed by atoms with van der Waals surface area (Å²) in [6, 6.07) is 5.77. The van der Waals surface area contributed by atoms with Crippen molar-refractivity contribution in [1.82, 2.24) is 4.90 Å². The van der Waals surface area contributed by atoms with Crippen molar-refractivity contribution >= 4 is 11.6 Å². The molecule has 1 rings (SSSR count). The zero-order chi connectivity index (χ0) is 15.1. The Kier molecular flexibility index (Phi) is 6.11. The fourth-order valence-electron chi connectivity index (χ4n) is 1.95. The van der Waals surface area contributed by atoms with Gasteiger partial charge in [-0.3, -0.25) is 14.9 Å². The second-order valence-corrected chi connectivity index (χ2v) is 4.87. The molecular formula is C14H21N3O3. The fourth-order valence-corrected chi connectivity index (χ4v) is 1.95. The first-order valence-electron chi connectivity index (χ1n) is 6.69. The van der Waals surface area contributed by atoms with Gasteiger partial charge < -0.3 is 10.6 Å². The van der Waals surface area contributed by atoms with Gasteiger partial charge in [-0.2, -0.15) is 0 Å². The van der Waals surface area contributed by atoms with Crippen molar-refractivity contribution in [3.05, 3.63) is 39.9 Å². The van der Waals surface area contributed by atoms with E-state index in [0.29, 0.717) is 13.0 Å². The third-order valence-corrected chi connectivity index (χ3v) is 3.10. The smallest absolute Gasteiger partial charge is 0.269 e. The Hall–Kier alpha value is -1.95. The van der Waals surface area contributed by atoms with Crippen LogP contribution in [-0.2, 0) is 11.3 Å². The van der Waals surface area contributed by atoms with E-state index in [1.54, 1.807) is 19.2 Å². The predicted octanol–water partition coefficient (Wildman–Crippen LogP) is 2.07. The summed E-state index contributed by atoms with van der Waals surface area (Å²) in [6.45, 7) is 2.37. The van der Waals surface area contributed by atoms with E-state index in [1.807, 2.05) is 6.92 Å². The van der Waals surface area contributed by atoms with Crippen molar-refractivity contribution in [2.45, 2.75) is 38.8 Å². The molecule has 6 nitrogen and oxygen atoms in total. The number of non-ortho nitro benzene ring substituents is 1. The molecule has 0 radical (unpaired) electrons. The molecule has 0 fully saturated rings. The van der Waals surface area contributed by atoms with Crippen LogP contribution in [0.4, 0.5) is 5.69 Å². The van der Waals surface area contributed by atoms with E-state index in [1.165, 1.54) is 17.0 Å². The number of unbranched alkanes of at least 4 members (excludes halogenated alkanes) is 1. The predicted molar refractivity (Wildman–Crippen MR) is 77.1 cm³/mol. The van der Waals surface area contributed by atoms with Crippen molar-refractivity contribution in [3.8, 4) is 0 Å². The van der Waals surface area contributed by atoms with Gasteiger partial charge in [0.1, 0.15) is 0 Å². The third kappa shape index (κ3) is 4.62. The van der Waals surface area contributed by atoms with E-state index < -0.39 is 11.0 Å². The van der Waals surface area contributed by atoms with Gasteiger partial charge in [-0.15, -0.1) is 0 Å². The normalized spacial score (nSPS) is 11.9. The molecule has 1 aromatic carbocycles. The summed E-state index contributed by atoms with van der Waals surface area (Å²) in [5.41, 5.74) is 6.58. The number of carbonyl (C=O) groups excluding carboxylic acids is 1. The standard InChI is InChI=1S/C14H21N3O3/c1-3-4-8-13(15)14(18)16(2)10-11-6-5-7-12(9-11)17(19)20/h5-7,9,13H,3-4,8,10,15H2,1-2H3. The molecule has 110 valence electrons. The van der Waals surface area contributed by atoms with Crippen molar-refractivity contribution in [2.75, 3.05) is 7.05 Å². The minimum atomic E-state index is -0.501. The van der Waals surface area contributed by atoms with Crippen LogP contribution in [0.5, 0.6) is 0 Å². The monoisotopic (exact) mass is 279 g/mol. The van der Waals surface area contributed by atoms with Crippen molar-refractivity contribution < 1.29 is 9.72 Å². The van der Waals surface area contributed by atoms with Crippen molar-refractivity contribution in [2.24, 2.45) is 5.73 Å². The lowest BCUT2D eigenvalue weighted by Gasteiger charge is -2.21. The van der Waals surface area contributed by atoms with Gasteiger partial charge in [-0.1, -0.05) is 31.9 Å². The molecule has 0 bridgehead atoms. The molecule has 0 spiro atoms. The number of carbonyl (C=O) groups is 1. The van der Waals surface area contributed by atoms with Gasteiger partial charge >= 0.3 is 0 Å². The van der Waals surface area contributed by atoms with Crippen molar-refractivity contribution in [1.29, 1.82) is 0 Å². The lowest BCUT2D eigenvalue weighted by atomic mass is 10.1. The van der Waals surface area contributed by atoms with E-state index in [0.717, 1.165) is 18.4 Å². The number of rotatable bonds is 7. The van der Waals surface area contributed by atoms with Crippen LogP contribution in [0.2, 0.25) is 0 Å². The van der Waals surface area contributed by atoms with Crippen LogP contribution >= 0.6 is 0 Å². The Bertz CT molecular complexity index is 476. The zero-order valence-corrected chi connectivity index (χ0v) is 11.9. The van der Waals surface area contributed by atoms with E-state index >= 15 is 0 Å². The van der Waals surface area contributed by atoms with Gasteiger partial charge in [0.05, 0.1) is 11.0 Å². The first kappa shape index (κ1) is 16.1. The maximum Gasteiger partial charge on any atom is 0.269 e. The van der Waals surface area contributed by atoms with Crippen LogP contribution < -0.4 is 5.73 Å². The van der Waals surface area contributed by atoms with Gasteiger partial charge in [-0.05, 0) is 12.0 Å². The highest BCUT2D eigenvalue weighted by molar-refractivity contribution is 5.81. The van der Waals surface area contributed by atoms with Crippen LogP contribution in [0, 0.1) is 10.1 Å². The van der Waals surface area contributed by atoms with Crippen LogP contribution in [-0.4, -0.2) is 28.8 Å². The molecule has 1 aromatic rings. The molecule has 0 saturated carbocycles. The Morgan fingerprint density at radius 2 is 2.20 bits per heavy atom. The number of amides is 1. The number of nitrogens with two attached hydrogens (primary N) is 1. The largest absolute Gasteiger partial charge is 0.340 e. The highest BCUT2D eigenvalue weighted by Crippen LogP contribution is 2.14. The third-order valence-electron chi connectivity index (χ3n) is 3.10. The number of nitro benzene ring substituents is 1. The molecule has 1 unspecified atom stereocenters. The van der Waals surface area contributed by atoms with Gasteiger partial charge in [0.15, 0.2) is 0 Å². The van der Waals surface area contributed by atoms with Crippen LogP contribution in [0.15, 0.2) is 24.3 Å². The lowest BCUT2D eigenvalue weighted by molar-refractivity contribution is -0.384. The number of nitrogens with zero attached hydrogens (tertiary/aromatic N) is 2. The maximum absolute atomic E-state index is 12.0. The minimum Gasteiger partial charge on any atom is -0.340 e. The average Bonchev–Trinajstić information content (AvgIpc) is 2.44. The van der Waals surface area contributed by atoms with E-state index in [4.69, 9.17) is 5.73 Å². The number of nitro groups is 1. The molecule has 1 amide bonds. The Morgan fingerprint density at radius 3 is 2.80 bits per heavy atom. The van der Waals surface area contributed by atoms with Gasteiger partial charge in [0.2, 0.25) is 5.91 Å². The Balaban J connectivity index is 2.65. The number of benzene rings is 1. The second kappa shape index (κ2) is 7.59. The summed E-state index contributed by atoms with van der Waals surface area (Å²) in [5.74, 6) is -0.134. The molecule has 2 N–H and O–H groups in total. The fraction of sp³-hybridized carbons (Fsp3) is 0.500. The van der Waals surface area contributed by atoms with Gasteiger partial charge in [0.25, 0.3) is 5.69 Å². The van der Waals surface area contributed by atoms with E-state index in [9.17, 15) is 14.9 Å². The van der Waals surface area contributed by atoms with Gasteiger partial charge in [-0.25, -0.2) is 0 Å². The Labute approximate surface area is 118 Å². The van der Waals surface area contributed by atoms with E-state index in [-0.39, 0.29) is 11.6 Å². The highest BCUT2D eigenvalue weighted by atomic mass is 16.6. The minimum absolute atomic E-state index is 0.0265. The van der Waals surface area contributed by atoms with Crippen LogP contribution in [0.25, 0.3) is 0 Å². The number of hydrogen-bond donors (Lipinski definition) is 1. The molecule has 6 heteroatoms. The summed E-state index contributed by atoms with van der Waals surface area (Å²) in [5, 5.41) is 10.7. The summed E-state index contributed by atoms with van der Waals surface area (Å²) in [4.78, 5) is 23.8. The molecule has 0 aromatic heterocycles. The first-order chi connectivity index (χ1) is 9.45. The molecule has 0 aliphatic carbocycles. The maximum atomic E-state index is 12.0. The van der Waals surface area contributed by atoms with E-state index in [2.05, 4.69) is 0 Å². The summed E-state index contributed by atoms with van der Waals surface area (Å²) in [7, 11) is 1.66. The summed E-state index contributed by atoms with van der Waals surface area (Å²) >= 11 is 0. The quantitative estimate of drug-likeness (QED) is 0.611. The van der Waals surface area contributed by atoms with Crippen LogP contribution in [0.3, 0.4) is 0 Å². The molecule has 0 aliphatic rings. The topological polar surface area (TPSA) is 89.5 Å². The highest BCUT2D eigenvalue weighted by Gasteiger charge is 2.18. The SMILES string of the molecule is CCCCC(N)C(=O)N(C)Cc1cccc([N+](=O)[O-])c1. The molecule has 1 atom stereocenters. The second-order valence-electron chi connectivity index (χ2n) is 4.87. The molecule has 0 aliphatic heterocycles. The molecule has 0 heterocycles. The molecule has 20 heavy (non-hydrogen) atoms. The number of likely N-dealkylation sites (N-methyl/N-ethyl adjacent to an activating group) is 1. The zero-order valence-electron chi connectivity index (χ0n) is 11.9. The summed E-state index contributed by atoms with van der Waals surface area (Å²) < 4.78 is 0. The summed E-state index contributed by atoms with van der Waals surface area (Å²) in [6.07, 6.45) is 2.57. The molecular weight excluding hydrogens is 258 g/mol. The van der Waals surface area contributed by atoms with Crippen LogP contribution in [0.1, 0.15) is 31.7 Å². The Morgan fingerprint density at radius 1 is 1.50 bits per heavy atom. The van der Waals surface area contributed by atoms with Crippen molar-refractivity contribution in [3.63, 3.8) is 0 Å².